The van der Waals surface area contributed by atoms with Crippen molar-refractivity contribution < 1.29 is 19.2 Å². The number of aliphatic imine (C=N–C) groups is 1. The third-order valence-corrected chi connectivity index (χ3v) is 7.54. The molecule has 2 amide bonds. The fourth-order valence-electron chi connectivity index (χ4n) is 5.15. The molecule has 2 bridgehead atoms. The summed E-state index contributed by atoms with van der Waals surface area (Å²) in [4.78, 5) is 42.6. The minimum atomic E-state index is -0.491. The number of hydrogen-bond acceptors (Lipinski definition) is 8. The number of likely N-dealkylation sites (tertiary alicyclic amines) is 1. The van der Waals surface area contributed by atoms with Crippen LogP contribution in [0.5, 0.6) is 0 Å². The summed E-state index contributed by atoms with van der Waals surface area (Å²) in [6, 6.07) is 2.43. The Balaban J connectivity index is 1.46. The topological polar surface area (TPSA) is 101 Å². The molecule has 9 nitrogen and oxygen atoms in total. The quantitative estimate of drug-likeness (QED) is 0.542. The van der Waals surface area contributed by atoms with Gasteiger partial charge in [-0.25, -0.2) is 14.9 Å². The van der Waals surface area contributed by atoms with E-state index in [0.717, 1.165) is 49.5 Å². The van der Waals surface area contributed by atoms with Gasteiger partial charge in [0.1, 0.15) is 11.4 Å². The maximum atomic E-state index is 13.1. The normalized spacial score (nSPS) is 22.0. The second-order valence-electron chi connectivity index (χ2n) is 10.7. The number of hydroxylamine groups is 2. The monoisotopic (exact) mass is 517 g/mol. The summed E-state index contributed by atoms with van der Waals surface area (Å²) in [6.07, 6.45) is 4.84. The van der Waals surface area contributed by atoms with E-state index in [2.05, 4.69) is 16.0 Å². The third-order valence-electron chi connectivity index (χ3n) is 6.49. The van der Waals surface area contributed by atoms with Crippen molar-refractivity contribution in [1.29, 1.82) is 0 Å². The van der Waals surface area contributed by atoms with Gasteiger partial charge in [0.25, 0.3) is 5.91 Å². The number of piperazine rings is 1. The molecule has 198 valence electrons. The molecule has 0 aromatic carbocycles. The molecule has 2 fully saturated rings. The zero-order valence-corrected chi connectivity index (χ0v) is 22.9. The third kappa shape index (κ3) is 6.10. The predicted octanol–water partition coefficient (Wildman–Crippen LogP) is 4.30. The highest BCUT2D eigenvalue weighted by molar-refractivity contribution is 7.13. The number of amidine groups is 1. The van der Waals surface area contributed by atoms with Gasteiger partial charge in [-0.15, -0.1) is 11.3 Å². The van der Waals surface area contributed by atoms with E-state index in [9.17, 15) is 9.59 Å². The molecule has 2 saturated heterocycles. The van der Waals surface area contributed by atoms with Crippen LogP contribution in [0.3, 0.4) is 0 Å². The average molecular weight is 518 g/mol. The van der Waals surface area contributed by atoms with Crippen LogP contribution in [0.1, 0.15) is 70.1 Å². The van der Waals surface area contributed by atoms with Gasteiger partial charge >= 0.3 is 6.09 Å². The van der Waals surface area contributed by atoms with E-state index >= 15 is 0 Å². The van der Waals surface area contributed by atoms with Crippen LogP contribution >= 0.6 is 11.3 Å². The van der Waals surface area contributed by atoms with Gasteiger partial charge in [-0.1, -0.05) is 6.92 Å². The smallest absolute Gasteiger partial charge is 0.410 e. The first-order valence-electron chi connectivity index (χ1n) is 12.9. The zero-order chi connectivity index (χ0) is 26.0. The van der Waals surface area contributed by atoms with Crippen LogP contribution in [0.4, 0.5) is 10.5 Å². The van der Waals surface area contributed by atoms with Crippen LogP contribution in [0, 0.1) is 0 Å². The highest BCUT2D eigenvalue weighted by atomic mass is 32.1. The highest BCUT2D eigenvalue weighted by Crippen LogP contribution is 2.37. The number of rotatable bonds is 7. The Morgan fingerprint density at radius 1 is 1.22 bits per heavy atom. The van der Waals surface area contributed by atoms with Gasteiger partial charge in [0, 0.05) is 55.1 Å². The second-order valence-corrected chi connectivity index (χ2v) is 11.9. The van der Waals surface area contributed by atoms with E-state index in [0.29, 0.717) is 31.0 Å². The molecule has 10 heteroatoms. The van der Waals surface area contributed by atoms with Crippen molar-refractivity contribution in [1.82, 2.24) is 14.9 Å². The van der Waals surface area contributed by atoms with Crippen LogP contribution < -0.4 is 5.73 Å². The largest absolute Gasteiger partial charge is 0.444 e. The molecule has 0 aliphatic carbocycles. The molecule has 0 radical (unpaired) electrons. The molecule has 0 spiro atoms. The van der Waals surface area contributed by atoms with Gasteiger partial charge in [0.05, 0.1) is 17.2 Å². The van der Waals surface area contributed by atoms with E-state index in [1.165, 1.54) is 9.94 Å². The Morgan fingerprint density at radius 3 is 2.53 bits per heavy atom. The van der Waals surface area contributed by atoms with Crippen LogP contribution in [0.2, 0.25) is 0 Å². The molecule has 1 aromatic heterocycles. The first-order chi connectivity index (χ1) is 17.1. The minimum absolute atomic E-state index is 0.158. The van der Waals surface area contributed by atoms with Crippen molar-refractivity contribution >= 4 is 40.9 Å². The molecule has 2 N–H and O–H groups in total. The van der Waals surface area contributed by atoms with Crippen LogP contribution in [0.15, 0.2) is 16.6 Å². The molecule has 4 heterocycles. The maximum absolute atomic E-state index is 13.1. The van der Waals surface area contributed by atoms with Crippen LogP contribution in [-0.2, 0) is 20.9 Å². The van der Waals surface area contributed by atoms with Gasteiger partial charge in [-0.05, 0) is 59.1 Å². The van der Waals surface area contributed by atoms with Crippen LogP contribution in [-0.4, -0.2) is 76.6 Å². The summed E-state index contributed by atoms with van der Waals surface area (Å²) >= 11 is 1.64. The Hall–Kier alpha value is -2.43. The standard InChI is InChI=1S/C26H39N5O4S/c1-6-10-30(34-7-2)24(32)17-11-22-21(28-23(27)12-17)13-20(36-22)16-29-14-18-8-9-19(15-29)31(18)25(33)35-26(3,4)5/h11,13,18-19H,6-10,12,14-16H2,1-5H3,(H2,27,28). The molecular weight excluding hydrogens is 478 g/mol. The summed E-state index contributed by atoms with van der Waals surface area (Å²) in [6.45, 7) is 13.0. The number of ether oxygens (including phenoxy) is 1. The van der Waals surface area contributed by atoms with E-state index in [4.69, 9.17) is 15.3 Å². The average Bonchev–Trinajstić information content (AvgIpc) is 3.22. The number of fused-ring (bicyclic) bond motifs is 3. The molecule has 3 aliphatic rings. The maximum Gasteiger partial charge on any atom is 0.410 e. The fraction of sp³-hybridized carbons (Fsp3) is 0.654. The van der Waals surface area contributed by atoms with Crippen molar-refractivity contribution in [3.8, 4) is 0 Å². The second kappa shape index (κ2) is 10.9. The van der Waals surface area contributed by atoms with Crippen molar-refractivity contribution in [2.75, 3.05) is 26.2 Å². The number of hydrogen-bond donors (Lipinski definition) is 1. The fourth-order valence-corrected chi connectivity index (χ4v) is 6.26. The number of nitrogens with two attached hydrogens (primary N) is 1. The molecule has 1 aromatic rings. The van der Waals surface area contributed by atoms with Gasteiger partial charge in [-0.2, -0.15) is 0 Å². The molecule has 2 atom stereocenters. The lowest BCUT2D eigenvalue weighted by atomic mass is 10.1. The van der Waals surface area contributed by atoms with E-state index in [-0.39, 0.29) is 24.1 Å². The predicted molar refractivity (Wildman–Crippen MR) is 142 cm³/mol. The van der Waals surface area contributed by atoms with E-state index in [1.54, 1.807) is 11.3 Å². The number of carbonyl (C=O) groups excluding carboxylic acids is 2. The Bertz CT molecular complexity index is 1020. The zero-order valence-electron chi connectivity index (χ0n) is 22.1. The Kier molecular flexibility index (Phi) is 8.06. The van der Waals surface area contributed by atoms with E-state index in [1.807, 2.05) is 45.6 Å². The summed E-state index contributed by atoms with van der Waals surface area (Å²) in [5.74, 6) is 0.268. The summed E-state index contributed by atoms with van der Waals surface area (Å²) in [7, 11) is 0. The minimum Gasteiger partial charge on any atom is -0.444 e. The Morgan fingerprint density at radius 2 is 1.92 bits per heavy atom. The summed E-state index contributed by atoms with van der Waals surface area (Å²) in [5.41, 5.74) is 7.10. The van der Waals surface area contributed by atoms with Crippen molar-refractivity contribution in [2.24, 2.45) is 10.7 Å². The van der Waals surface area contributed by atoms with Gasteiger partial charge < -0.3 is 10.5 Å². The lowest BCUT2D eigenvalue weighted by Gasteiger charge is -2.41. The molecule has 2 unspecified atom stereocenters. The van der Waals surface area contributed by atoms with Crippen LogP contribution in [0.25, 0.3) is 6.08 Å². The highest BCUT2D eigenvalue weighted by Gasteiger charge is 2.44. The van der Waals surface area contributed by atoms with Crippen molar-refractivity contribution in [2.45, 2.75) is 84.5 Å². The van der Waals surface area contributed by atoms with Gasteiger partial charge in [0.15, 0.2) is 0 Å². The number of carbonyl (C=O) groups is 2. The SMILES string of the molecule is CCCN(OCC)C(=O)C1=Cc2sc(CN3CC4CCC(C3)N4C(=O)OC(C)(C)C)cc2N=C(N)C1. The molecule has 36 heavy (non-hydrogen) atoms. The number of nitrogens with zero attached hydrogens (tertiary/aromatic N) is 4. The number of amides is 2. The summed E-state index contributed by atoms with van der Waals surface area (Å²) in [5, 5.41) is 1.43. The lowest BCUT2D eigenvalue weighted by Crippen LogP contribution is -2.56. The molecule has 0 saturated carbocycles. The molecular formula is C26H39N5O4S. The molecule has 3 aliphatic heterocycles. The summed E-state index contributed by atoms with van der Waals surface area (Å²) < 4.78 is 5.66. The van der Waals surface area contributed by atoms with Gasteiger partial charge in [0.2, 0.25) is 0 Å². The first-order valence-corrected chi connectivity index (χ1v) is 13.7. The van der Waals surface area contributed by atoms with E-state index < -0.39 is 5.60 Å². The van der Waals surface area contributed by atoms with Crippen molar-refractivity contribution in [3.05, 3.63) is 21.4 Å². The number of thiophene rings is 1. The lowest BCUT2D eigenvalue weighted by molar-refractivity contribution is -0.180. The first kappa shape index (κ1) is 26.6. The van der Waals surface area contributed by atoms with Crippen molar-refractivity contribution in [3.63, 3.8) is 0 Å². The Labute approximate surface area is 217 Å². The van der Waals surface area contributed by atoms with Gasteiger partial charge in [-0.3, -0.25) is 19.4 Å². The molecule has 4 rings (SSSR count).